The van der Waals surface area contributed by atoms with Crippen LogP contribution in [0.3, 0.4) is 0 Å². The van der Waals surface area contributed by atoms with E-state index in [1.165, 1.54) is 10.4 Å². The van der Waals surface area contributed by atoms with E-state index in [1.54, 1.807) is 11.3 Å². The summed E-state index contributed by atoms with van der Waals surface area (Å²) in [4.78, 5) is 5.78. The Morgan fingerprint density at radius 3 is 2.53 bits per heavy atom. The monoisotopic (exact) mass is 276 g/mol. The number of aliphatic hydroxyl groups excluding tert-OH is 1. The molecule has 0 radical (unpaired) electrons. The lowest BCUT2D eigenvalue weighted by atomic mass is 10.1. The third-order valence-corrected chi connectivity index (χ3v) is 4.43. The zero-order valence-electron chi connectivity index (χ0n) is 11.4. The summed E-state index contributed by atoms with van der Waals surface area (Å²) >= 11 is 1.78. The summed E-state index contributed by atoms with van der Waals surface area (Å²) in [5.41, 5.74) is 2.17. The Kier molecular flexibility index (Phi) is 5.07. The normalized spacial score (nSPS) is 12.6. The first-order chi connectivity index (χ1) is 9.22. The third-order valence-electron chi connectivity index (χ3n) is 3.11. The molecule has 0 aliphatic carbocycles. The molecule has 0 saturated carbocycles. The number of hydrogen-bond donors (Lipinski definition) is 2. The maximum absolute atomic E-state index is 9.00. The predicted octanol–water partition coefficient (Wildman–Crippen LogP) is 3.05. The summed E-state index contributed by atoms with van der Waals surface area (Å²) in [6, 6.07) is 8.28. The van der Waals surface area contributed by atoms with E-state index in [9.17, 15) is 0 Å². The molecule has 0 spiro atoms. The van der Waals surface area contributed by atoms with E-state index in [-0.39, 0.29) is 12.6 Å². The van der Waals surface area contributed by atoms with E-state index in [0.717, 1.165) is 23.5 Å². The van der Waals surface area contributed by atoms with E-state index in [1.807, 2.05) is 30.5 Å². The standard InChI is InChI=1S/C15H20N2OS/c1-3-14-9-17-15(19-14)11(2)16-8-12-4-6-13(10-18)7-5-12/h4-7,9,11,16,18H,3,8,10H2,1-2H3. The zero-order chi connectivity index (χ0) is 13.7. The van der Waals surface area contributed by atoms with Crippen LogP contribution < -0.4 is 5.32 Å². The number of rotatable bonds is 6. The molecule has 1 heterocycles. The Morgan fingerprint density at radius 2 is 1.95 bits per heavy atom. The zero-order valence-corrected chi connectivity index (χ0v) is 12.2. The van der Waals surface area contributed by atoms with Gasteiger partial charge in [0.2, 0.25) is 0 Å². The van der Waals surface area contributed by atoms with Gasteiger partial charge >= 0.3 is 0 Å². The Labute approximate surface area is 118 Å². The largest absolute Gasteiger partial charge is 0.392 e. The summed E-state index contributed by atoms with van der Waals surface area (Å²) in [5, 5.41) is 13.6. The van der Waals surface area contributed by atoms with Crippen LogP contribution >= 0.6 is 11.3 Å². The topological polar surface area (TPSA) is 45.2 Å². The van der Waals surface area contributed by atoms with Gasteiger partial charge in [0, 0.05) is 17.6 Å². The van der Waals surface area contributed by atoms with Gasteiger partial charge in [-0.1, -0.05) is 31.2 Å². The van der Waals surface area contributed by atoms with Gasteiger partial charge in [-0.2, -0.15) is 0 Å². The molecule has 1 atom stereocenters. The van der Waals surface area contributed by atoms with Gasteiger partial charge < -0.3 is 10.4 Å². The summed E-state index contributed by atoms with van der Waals surface area (Å²) in [7, 11) is 0. The molecule has 2 aromatic rings. The lowest BCUT2D eigenvalue weighted by Crippen LogP contribution is -2.17. The molecule has 3 nitrogen and oxygen atoms in total. The van der Waals surface area contributed by atoms with Crippen molar-refractivity contribution in [2.45, 2.75) is 39.5 Å². The lowest BCUT2D eigenvalue weighted by Gasteiger charge is -2.11. The number of thiazole rings is 1. The average molecular weight is 276 g/mol. The van der Waals surface area contributed by atoms with Gasteiger partial charge in [-0.25, -0.2) is 4.98 Å². The van der Waals surface area contributed by atoms with Crippen molar-refractivity contribution < 1.29 is 5.11 Å². The average Bonchev–Trinajstić information content (AvgIpc) is 2.94. The van der Waals surface area contributed by atoms with Crippen LogP contribution in [0.25, 0.3) is 0 Å². The number of hydrogen-bond acceptors (Lipinski definition) is 4. The highest BCUT2D eigenvalue weighted by molar-refractivity contribution is 7.11. The summed E-state index contributed by atoms with van der Waals surface area (Å²) in [5.74, 6) is 0. The highest BCUT2D eigenvalue weighted by Gasteiger charge is 2.09. The highest BCUT2D eigenvalue weighted by Crippen LogP contribution is 2.20. The number of aliphatic hydroxyl groups is 1. The van der Waals surface area contributed by atoms with E-state index in [4.69, 9.17) is 5.11 Å². The van der Waals surface area contributed by atoms with Crippen LogP contribution in [-0.2, 0) is 19.6 Å². The quantitative estimate of drug-likeness (QED) is 0.852. The molecule has 2 rings (SSSR count). The van der Waals surface area contributed by atoms with Crippen LogP contribution in [0, 0.1) is 0 Å². The smallest absolute Gasteiger partial charge is 0.109 e. The van der Waals surface area contributed by atoms with Crippen LogP contribution in [0.4, 0.5) is 0 Å². The number of aryl methyl sites for hydroxylation is 1. The minimum atomic E-state index is 0.100. The molecule has 1 unspecified atom stereocenters. The molecule has 1 aromatic carbocycles. The van der Waals surface area contributed by atoms with Gasteiger partial charge in [-0.05, 0) is 24.5 Å². The first kappa shape index (κ1) is 14.2. The molecule has 0 fully saturated rings. The Morgan fingerprint density at radius 1 is 1.26 bits per heavy atom. The first-order valence-corrected chi connectivity index (χ1v) is 7.41. The Hall–Kier alpha value is -1.23. The van der Waals surface area contributed by atoms with Crippen LogP contribution in [0.2, 0.25) is 0 Å². The van der Waals surface area contributed by atoms with Crippen molar-refractivity contribution in [2.24, 2.45) is 0 Å². The molecular weight excluding hydrogens is 256 g/mol. The van der Waals surface area contributed by atoms with Gasteiger partial charge in [-0.15, -0.1) is 11.3 Å². The van der Waals surface area contributed by atoms with Crippen LogP contribution in [0.1, 0.15) is 40.9 Å². The Balaban J connectivity index is 1.90. The van der Waals surface area contributed by atoms with Crippen molar-refractivity contribution in [3.8, 4) is 0 Å². The van der Waals surface area contributed by atoms with Crippen LogP contribution in [-0.4, -0.2) is 10.1 Å². The maximum Gasteiger partial charge on any atom is 0.109 e. The Bertz CT molecular complexity index is 507. The van der Waals surface area contributed by atoms with Crippen molar-refractivity contribution >= 4 is 11.3 Å². The van der Waals surface area contributed by atoms with Gasteiger partial charge in [0.15, 0.2) is 0 Å². The summed E-state index contributed by atoms with van der Waals surface area (Å²) < 4.78 is 0. The van der Waals surface area contributed by atoms with Crippen molar-refractivity contribution in [1.82, 2.24) is 10.3 Å². The number of benzene rings is 1. The second kappa shape index (κ2) is 6.80. The van der Waals surface area contributed by atoms with E-state index in [2.05, 4.69) is 24.1 Å². The van der Waals surface area contributed by atoms with Gasteiger partial charge in [-0.3, -0.25) is 0 Å². The fourth-order valence-electron chi connectivity index (χ4n) is 1.81. The molecule has 0 aliphatic rings. The second-order valence-electron chi connectivity index (χ2n) is 4.60. The van der Waals surface area contributed by atoms with Crippen molar-refractivity contribution in [3.63, 3.8) is 0 Å². The number of nitrogens with zero attached hydrogens (tertiary/aromatic N) is 1. The SMILES string of the molecule is CCc1cnc(C(C)NCc2ccc(CO)cc2)s1. The molecule has 0 aliphatic heterocycles. The summed E-state index contributed by atoms with van der Waals surface area (Å²) in [6.07, 6.45) is 3.02. The van der Waals surface area contributed by atoms with Gasteiger partial charge in [0.1, 0.15) is 5.01 Å². The molecule has 102 valence electrons. The molecule has 19 heavy (non-hydrogen) atoms. The molecular formula is C15H20N2OS. The molecule has 2 N–H and O–H groups in total. The minimum Gasteiger partial charge on any atom is -0.392 e. The predicted molar refractivity (Wildman–Crippen MR) is 79.1 cm³/mol. The van der Waals surface area contributed by atoms with Crippen LogP contribution in [0.15, 0.2) is 30.5 Å². The first-order valence-electron chi connectivity index (χ1n) is 6.59. The summed E-state index contributed by atoms with van der Waals surface area (Å²) in [6.45, 7) is 5.20. The highest BCUT2D eigenvalue weighted by atomic mass is 32.1. The van der Waals surface area contributed by atoms with E-state index in [0.29, 0.717) is 0 Å². The maximum atomic E-state index is 9.00. The molecule has 0 saturated heterocycles. The number of nitrogens with one attached hydrogen (secondary N) is 1. The third kappa shape index (κ3) is 3.86. The van der Waals surface area contributed by atoms with Crippen molar-refractivity contribution in [1.29, 1.82) is 0 Å². The van der Waals surface area contributed by atoms with E-state index < -0.39 is 0 Å². The van der Waals surface area contributed by atoms with E-state index >= 15 is 0 Å². The van der Waals surface area contributed by atoms with Gasteiger partial charge in [0.05, 0.1) is 12.6 Å². The molecule has 4 heteroatoms. The molecule has 1 aromatic heterocycles. The van der Waals surface area contributed by atoms with Crippen molar-refractivity contribution in [2.75, 3.05) is 0 Å². The second-order valence-corrected chi connectivity index (χ2v) is 5.74. The molecule has 0 bridgehead atoms. The molecule has 0 amide bonds. The van der Waals surface area contributed by atoms with Gasteiger partial charge in [0.25, 0.3) is 0 Å². The lowest BCUT2D eigenvalue weighted by molar-refractivity contribution is 0.282. The fraction of sp³-hybridized carbons (Fsp3) is 0.400. The van der Waals surface area contributed by atoms with Crippen molar-refractivity contribution in [3.05, 3.63) is 51.5 Å². The fourth-order valence-corrected chi connectivity index (χ4v) is 2.69. The van der Waals surface area contributed by atoms with Crippen LogP contribution in [0.5, 0.6) is 0 Å². The number of aromatic nitrogens is 1. The minimum absolute atomic E-state index is 0.100.